The summed E-state index contributed by atoms with van der Waals surface area (Å²) in [5, 5.41) is 3.51. The molecule has 120 valence electrons. The van der Waals surface area contributed by atoms with E-state index in [1.807, 2.05) is 24.3 Å². The first-order chi connectivity index (χ1) is 11.6. The van der Waals surface area contributed by atoms with E-state index in [0.717, 1.165) is 16.7 Å². The fourth-order valence-electron chi connectivity index (χ4n) is 2.22. The Bertz CT molecular complexity index is 955. The van der Waals surface area contributed by atoms with Gasteiger partial charge in [-0.3, -0.25) is 4.79 Å². The fourth-order valence-corrected chi connectivity index (χ4v) is 2.22. The summed E-state index contributed by atoms with van der Waals surface area (Å²) in [6, 6.07) is 15.5. The molecule has 24 heavy (non-hydrogen) atoms. The predicted octanol–water partition coefficient (Wildman–Crippen LogP) is 3.45. The highest BCUT2D eigenvalue weighted by Crippen LogP contribution is 2.18. The zero-order chi connectivity index (χ0) is 16.9. The second-order valence-corrected chi connectivity index (χ2v) is 5.10. The number of rotatable bonds is 4. The Morgan fingerprint density at radius 2 is 1.88 bits per heavy atom. The van der Waals surface area contributed by atoms with E-state index in [9.17, 15) is 9.59 Å². The minimum atomic E-state index is -0.401. The van der Waals surface area contributed by atoms with Gasteiger partial charge in [-0.05, 0) is 48.0 Å². The fraction of sp³-hybridized carbons (Fsp3) is 0.0526. The highest BCUT2D eigenvalue weighted by Gasteiger charge is 2.02. The van der Waals surface area contributed by atoms with E-state index in [0.29, 0.717) is 11.3 Å². The first-order valence-corrected chi connectivity index (χ1v) is 7.31. The van der Waals surface area contributed by atoms with E-state index < -0.39 is 5.63 Å². The molecule has 5 heteroatoms. The molecule has 1 N–H and O–H groups in total. The molecule has 0 atom stereocenters. The van der Waals surface area contributed by atoms with Gasteiger partial charge < -0.3 is 14.5 Å². The van der Waals surface area contributed by atoms with Gasteiger partial charge in [0.2, 0.25) is 5.91 Å². The summed E-state index contributed by atoms with van der Waals surface area (Å²) in [7, 11) is 1.60. The van der Waals surface area contributed by atoms with Crippen molar-refractivity contribution in [3.63, 3.8) is 0 Å². The van der Waals surface area contributed by atoms with Crippen LogP contribution in [0.15, 0.2) is 69.9 Å². The van der Waals surface area contributed by atoms with E-state index in [1.165, 1.54) is 12.1 Å². The van der Waals surface area contributed by atoms with Crippen molar-refractivity contribution in [3.8, 4) is 5.75 Å². The Morgan fingerprint density at radius 3 is 2.62 bits per heavy atom. The average molecular weight is 321 g/mol. The number of methoxy groups -OCH3 is 1. The molecule has 0 spiro atoms. The quantitative estimate of drug-likeness (QED) is 0.590. The summed E-state index contributed by atoms with van der Waals surface area (Å²) in [5.74, 6) is 0.516. The third-order valence-electron chi connectivity index (χ3n) is 3.43. The standard InChI is InChI=1S/C19H15NO4/c1-23-16-7-2-13(3-8-16)4-10-18(21)20-15-6-9-17-14(12-15)5-11-19(22)24-17/h2-12H,1H3,(H,20,21). The molecule has 0 saturated heterocycles. The number of amides is 1. The molecule has 1 heterocycles. The summed E-state index contributed by atoms with van der Waals surface area (Å²) >= 11 is 0. The van der Waals surface area contributed by atoms with Crippen LogP contribution >= 0.6 is 0 Å². The summed E-state index contributed by atoms with van der Waals surface area (Å²) < 4.78 is 10.1. The molecule has 0 saturated carbocycles. The van der Waals surface area contributed by atoms with Gasteiger partial charge in [0.05, 0.1) is 7.11 Å². The van der Waals surface area contributed by atoms with Gasteiger partial charge in [0.1, 0.15) is 11.3 Å². The second-order valence-electron chi connectivity index (χ2n) is 5.10. The van der Waals surface area contributed by atoms with E-state index in [1.54, 1.807) is 37.5 Å². The summed E-state index contributed by atoms with van der Waals surface area (Å²) in [6.45, 7) is 0. The van der Waals surface area contributed by atoms with Crippen LogP contribution in [0.1, 0.15) is 5.56 Å². The van der Waals surface area contributed by atoms with Gasteiger partial charge in [-0.25, -0.2) is 4.79 Å². The number of hydrogen-bond donors (Lipinski definition) is 1. The van der Waals surface area contributed by atoms with E-state index in [-0.39, 0.29) is 5.91 Å². The van der Waals surface area contributed by atoms with Gasteiger partial charge in [0, 0.05) is 23.2 Å². The van der Waals surface area contributed by atoms with Gasteiger partial charge in [0.15, 0.2) is 0 Å². The third kappa shape index (κ3) is 3.70. The minimum Gasteiger partial charge on any atom is -0.497 e. The second kappa shape index (κ2) is 6.83. The Morgan fingerprint density at radius 1 is 1.08 bits per heavy atom. The van der Waals surface area contributed by atoms with Crippen LogP contribution in [0.2, 0.25) is 0 Å². The molecule has 0 bridgehead atoms. The molecular formula is C19H15NO4. The van der Waals surface area contributed by atoms with Crippen LogP contribution in [0.3, 0.4) is 0 Å². The van der Waals surface area contributed by atoms with Crippen LogP contribution in [0, 0.1) is 0 Å². The number of carbonyl (C=O) groups excluding carboxylic acids is 1. The number of fused-ring (bicyclic) bond motifs is 1. The van der Waals surface area contributed by atoms with E-state index >= 15 is 0 Å². The largest absolute Gasteiger partial charge is 0.497 e. The van der Waals surface area contributed by atoms with Crippen molar-refractivity contribution in [1.29, 1.82) is 0 Å². The molecule has 1 amide bonds. The summed E-state index contributed by atoms with van der Waals surface area (Å²) in [5.41, 5.74) is 1.60. The molecule has 2 aromatic carbocycles. The molecule has 1 aromatic heterocycles. The molecule has 0 unspecified atom stereocenters. The molecule has 0 radical (unpaired) electrons. The molecule has 3 rings (SSSR count). The van der Waals surface area contributed by atoms with Gasteiger partial charge in [-0.2, -0.15) is 0 Å². The smallest absolute Gasteiger partial charge is 0.336 e. The molecule has 5 nitrogen and oxygen atoms in total. The lowest BCUT2D eigenvalue weighted by atomic mass is 10.2. The van der Waals surface area contributed by atoms with E-state index in [2.05, 4.69) is 5.32 Å². The van der Waals surface area contributed by atoms with Gasteiger partial charge in [-0.15, -0.1) is 0 Å². The van der Waals surface area contributed by atoms with Gasteiger partial charge in [-0.1, -0.05) is 12.1 Å². The number of carbonyl (C=O) groups is 1. The zero-order valence-corrected chi connectivity index (χ0v) is 13.0. The molecule has 3 aromatic rings. The number of hydrogen-bond acceptors (Lipinski definition) is 4. The molecule has 0 aliphatic heterocycles. The predicted molar refractivity (Wildman–Crippen MR) is 93.1 cm³/mol. The number of benzene rings is 2. The van der Waals surface area contributed by atoms with Crippen LogP contribution in [0.4, 0.5) is 5.69 Å². The lowest BCUT2D eigenvalue weighted by Gasteiger charge is -2.03. The van der Waals surface area contributed by atoms with Crippen LogP contribution in [0.5, 0.6) is 5.75 Å². The molecular weight excluding hydrogens is 306 g/mol. The lowest BCUT2D eigenvalue weighted by Crippen LogP contribution is -2.07. The Kier molecular flexibility index (Phi) is 4.43. The first kappa shape index (κ1) is 15.6. The van der Waals surface area contributed by atoms with Crippen molar-refractivity contribution < 1.29 is 13.9 Å². The first-order valence-electron chi connectivity index (χ1n) is 7.31. The molecule has 0 aliphatic rings. The van der Waals surface area contributed by atoms with Crippen LogP contribution in [-0.2, 0) is 4.79 Å². The highest BCUT2D eigenvalue weighted by molar-refractivity contribution is 6.02. The third-order valence-corrected chi connectivity index (χ3v) is 3.43. The topological polar surface area (TPSA) is 68.5 Å². The molecule has 0 fully saturated rings. The van der Waals surface area contributed by atoms with Crippen molar-refractivity contribution in [2.45, 2.75) is 0 Å². The van der Waals surface area contributed by atoms with Crippen molar-refractivity contribution >= 4 is 28.6 Å². The molecule has 0 aliphatic carbocycles. The van der Waals surface area contributed by atoms with Crippen molar-refractivity contribution in [2.75, 3.05) is 12.4 Å². The summed E-state index contributed by atoms with van der Waals surface area (Å²) in [4.78, 5) is 23.2. The summed E-state index contributed by atoms with van der Waals surface area (Å²) in [6.07, 6.45) is 3.17. The maximum Gasteiger partial charge on any atom is 0.336 e. The average Bonchev–Trinajstić information content (AvgIpc) is 2.60. The maximum atomic E-state index is 12.0. The highest BCUT2D eigenvalue weighted by atomic mass is 16.5. The van der Waals surface area contributed by atoms with Gasteiger partial charge in [0.25, 0.3) is 0 Å². The number of anilines is 1. The van der Waals surface area contributed by atoms with Crippen molar-refractivity contribution in [2.24, 2.45) is 0 Å². The van der Waals surface area contributed by atoms with E-state index in [4.69, 9.17) is 9.15 Å². The monoisotopic (exact) mass is 321 g/mol. The Balaban J connectivity index is 1.70. The Labute approximate surface area is 138 Å². The van der Waals surface area contributed by atoms with Crippen molar-refractivity contribution in [1.82, 2.24) is 0 Å². The SMILES string of the molecule is COc1ccc(C=CC(=O)Nc2ccc3oc(=O)ccc3c2)cc1. The van der Waals surface area contributed by atoms with Crippen molar-refractivity contribution in [3.05, 3.63) is 76.7 Å². The number of ether oxygens (including phenoxy) is 1. The minimum absolute atomic E-state index is 0.248. The van der Waals surface area contributed by atoms with Crippen LogP contribution in [-0.4, -0.2) is 13.0 Å². The lowest BCUT2D eigenvalue weighted by molar-refractivity contribution is -0.111. The van der Waals surface area contributed by atoms with Crippen LogP contribution in [0.25, 0.3) is 17.0 Å². The maximum absolute atomic E-state index is 12.0. The number of nitrogens with one attached hydrogen (secondary N) is 1. The van der Waals surface area contributed by atoms with Crippen LogP contribution < -0.4 is 15.7 Å². The van der Waals surface area contributed by atoms with Gasteiger partial charge >= 0.3 is 5.63 Å². The zero-order valence-electron chi connectivity index (χ0n) is 13.0. The Hall–Kier alpha value is -3.34. The normalized spacial score (nSPS) is 10.9.